The van der Waals surface area contributed by atoms with Crippen molar-refractivity contribution in [3.63, 3.8) is 0 Å². The van der Waals surface area contributed by atoms with Crippen molar-refractivity contribution >= 4 is 34.2 Å². The van der Waals surface area contributed by atoms with Crippen LogP contribution in [0.1, 0.15) is 10.5 Å². The molecular formula is C16H11ClN6O. The number of aromatic nitrogens is 5. The number of hydrogen-bond donors (Lipinski definition) is 2. The van der Waals surface area contributed by atoms with Crippen molar-refractivity contribution < 1.29 is 4.79 Å². The summed E-state index contributed by atoms with van der Waals surface area (Å²) in [5.41, 5.74) is 2.05. The molecule has 0 atom stereocenters. The summed E-state index contributed by atoms with van der Waals surface area (Å²) in [5, 5.41) is 3.34. The zero-order chi connectivity index (χ0) is 16.5. The van der Waals surface area contributed by atoms with Gasteiger partial charge in [-0.15, -0.1) is 0 Å². The van der Waals surface area contributed by atoms with E-state index in [2.05, 4.69) is 25.3 Å². The summed E-state index contributed by atoms with van der Waals surface area (Å²) in [6, 6.07) is 8.71. The molecule has 3 heterocycles. The molecule has 3 aromatic heterocycles. The molecule has 24 heavy (non-hydrogen) atoms. The van der Waals surface area contributed by atoms with Gasteiger partial charge < -0.3 is 10.3 Å². The molecule has 0 saturated carbocycles. The van der Waals surface area contributed by atoms with Crippen LogP contribution in [0.15, 0.2) is 55.2 Å². The first-order valence-corrected chi connectivity index (χ1v) is 7.49. The lowest BCUT2D eigenvalue weighted by atomic mass is 10.2. The van der Waals surface area contributed by atoms with E-state index in [-0.39, 0.29) is 11.6 Å². The maximum absolute atomic E-state index is 12.7. The molecule has 0 unspecified atom stereocenters. The Kier molecular flexibility index (Phi) is 3.47. The van der Waals surface area contributed by atoms with E-state index in [0.29, 0.717) is 27.7 Å². The molecule has 0 aliphatic heterocycles. The fourth-order valence-corrected chi connectivity index (χ4v) is 2.54. The highest BCUT2D eigenvalue weighted by molar-refractivity contribution is 6.31. The minimum atomic E-state index is -0.353. The average molecular weight is 339 g/mol. The van der Waals surface area contributed by atoms with E-state index in [1.165, 1.54) is 0 Å². The molecule has 0 aliphatic carbocycles. The number of H-pyrrole nitrogens is 1. The Bertz CT molecular complexity index is 1020. The molecule has 0 aliphatic rings. The number of nitrogens with zero attached hydrogens (tertiary/aromatic N) is 4. The number of anilines is 1. The molecule has 7 nitrogen and oxygen atoms in total. The first-order chi connectivity index (χ1) is 11.7. The van der Waals surface area contributed by atoms with Crippen LogP contribution in [-0.2, 0) is 0 Å². The zero-order valence-electron chi connectivity index (χ0n) is 12.3. The summed E-state index contributed by atoms with van der Waals surface area (Å²) in [5.74, 6) is 0.0179. The van der Waals surface area contributed by atoms with Crippen LogP contribution in [0.5, 0.6) is 0 Å². The fourth-order valence-electron chi connectivity index (χ4n) is 2.35. The highest BCUT2D eigenvalue weighted by Crippen LogP contribution is 2.19. The van der Waals surface area contributed by atoms with Gasteiger partial charge in [0.05, 0.1) is 11.0 Å². The van der Waals surface area contributed by atoms with Crippen molar-refractivity contribution in [2.75, 3.05) is 5.32 Å². The van der Waals surface area contributed by atoms with Gasteiger partial charge in [-0.3, -0.25) is 9.36 Å². The normalized spacial score (nSPS) is 10.9. The van der Waals surface area contributed by atoms with Crippen LogP contribution in [0.3, 0.4) is 0 Å². The minimum absolute atomic E-state index is 0.244. The van der Waals surface area contributed by atoms with E-state index < -0.39 is 0 Å². The van der Waals surface area contributed by atoms with Gasteiger partial charge in [0.2, 0.25) is 5.95 Å². The molecule has 2 N–H and O–H groups in total. The topological polar surface area (TPSA) is 88.5 Å². The molecule has 0 saturated heterocycles. The highest BCUT2D eigenvalue weighted by Gasteiger charge is 2.17. The van der Waals surface area contributed by atoms with Gasteiger partial charge in [-0.25, -0.2) is 15.0 Å². The smallest absolute Gasteiger partial charge is 0.276 e. The van der Waals surface area contributed by atoms with Crippen LogP contribution >= 0.6 is 11.6 Å². The van der Waals surface area contributed by atoms with E-state index in [9.17, 15) is 4.79 Å². The monoisotopic (exact) mass is 338 g/mol. The summed E-state index contributed by atoms with van der Waals surface area (Å²) in [7, 11) is 0. The van der Waals surface area contributed by atoms with Gasteiger partial charge in [-0.2, -0.15) is 0 Å². The molecule has 0 radical (unpaired) electrons. The maximum atomic E-state index is 12.7. The predicted octanol–water partition coefficient (Wildman–Crippen LogP) is 3.05. The number of hydrogen-bond acceptors (Lipinski definition) is 4. The number of rotatable bonds is 3. The van der Waals surface area contributed by atoms with Gasteiger partial charge in [0, 0.05) is 29.3 Å². The van der Waals surface area contributed by atoms with Gasteiger partial charge in [-0.05, 0) is 24.3 Å². The number of imidazole rings is 1. The van der Waals surface area contributed by atoms with Crippen molar-refractivity contribution in [1.82, 2.24) is 24.5 Å². The standard InChI is InChI=1S/C16H11ClN6O/c17-10-2-1-3-11(8-10)20-15(24)14-13-12(4-5-19-13)21-16(22-14)23-7-6-18-9-23/h1-9,19H,(H,20,24). The first kappa shape index (κ1) is 14.4. The maximum Gasteiger partial charge on any atom is 0.276 e. The van der Waals surface area contributed by atoms with Crippen LogP contribution in [0, 0.1) is 0 Å². The highest BCUT2D eigenvalue weighted by atomic mass is 35.5. The average Bonchev–Trinajstić information content (AvgIpc) is 3.25. The van der Waals surface area contributed by atoms with Crippen LogP contribution in [0.25, 0.3) is 17.0 Å². The Labute approximate surface area is 141 Å². The Hall–Kier alpha value is -3.19. The lowest BCUT2D eigenvalue weighted by Crippen LogP contribution is -2.16. The number of amides is 1. The molecule has 0 bridgehead atoms. The van der Waals surface area contributed by atoms with Gasteiger partial charge >= 0.3 is 0 Å². The Morgan fingerprint density at radius 3 is 2.96 bits per heavy atom. The van der Waals surface area contributed by atoms with Gasteiger partial charge in [0.15, 0.2) is 5.69 Å². The first-order valence-electron chi connectivity index (χ1n) is 7.11. The molecule has 0 fully saturated rings. The largest absolute Gasteiger partial charge is 0.358 e. The minimum Gasteiger partial charge on any atom is -0.358 e. The van der Waals surface area contributed by atoms with Crippen molar-refractivity contribution in [2.24, 2.45) is 0 Å². The quantitative estimate of drug-likeness (QED) is 0.601. The second-order valence-corrected chi connectivity index (χ2v) is 5.48. The van der Waals surface area contributed by atoms with Gasteiger partial charge in [0.25, 0.3) is 5.91 Å². The molecule has 1 amide bonds. The van der Waals surface area contributed by atoms with Gasteiger partial charge in [0.1, 0.15) is 6.33 Å². The number of carbonyl (C=O) groups is 1. The van der Waals surface area contributed by atoms with E-state index in [1.54, 1.807) is 59.8 Å². The summed E-state index contributed by atoms with van der Waals surface area (Å²) in [6.07, 6.45) is 6.63. The fraction of sp³-hybridized carbons (Fsp3) is 0. The van der Waals surface area contributed by atoms with E-state index >= 15 is 0 Å². The van der Waals surface area contributed by atoms with Crippen molar-refractivity contribution in [1.29, 1.82) is 0 Å². The van der Waals surface area contributed by atoms with E-state index in [4.69, 9.17) is 11.6 Å². The summed E-state index contributed by atoms with van der Waals surface area (Å²) in [4.78, 5) is 28.4. The van der Waals surface area contributed by atoms with E-state index in [0.717, 1.165) is 0 Å². The number of fused-ring (bicyclic) bond motifs is 1. The van der Waals surface area contributed by atoms with Gasteiger partial charge in [-0.1, -0.05) is 17.7 Å². The third kappa shape index (κ3) is 2.61. The molecular weight excluding hydrogens is 328 g/mol. The molecule has 0 spiro atoms. The molecule has 4 rings (SSSR count). The third-order valence-corrected chi connectivity index (χ3v) is 3.66. The van der Waals surface area contributed by atoms with Crippen LogP contribution in [0.4, 0.5) is 5.69 Å². The molecule has 4 aromatic rings. The molecule has 8 heteroatoms. The van der Waals surface area contributed by atoms with Crippen LogP contribution in [-0.4, -0.2) is 30.4 Å². The number of halogens is 1. The third-order valence-electron chi connectivity index (χ3n) is 3.43. The zero-order valence-corrected chi connectivity index (χ0v) is 13.0. The molecule has 118 valence electrons. The predicted molar refractivity (Wildman–Crippen MR) is 90.4 cm³/mol. The summed E-state index contributed by atoms with van der Waals surface area (Å²) >= 11 is 5.95. The number of aromatic amines is 1. The van der Waals surface area contributed by atoms with Crippen molar-refractivity contribution in [2.45, 2.75) is 0 Å². The van der Waals surface area contributed by atoms with Crippen LogP contribution in [0.2, 0.25) is 5.02 Å². The summed E-state index contributed by atoms with van der Waals surface area (Å²) < 4.78 is 1.64. The lowest BCUT2D eigenvalue weighted by Gasteiger charge is -2.08. The Morgan fingerprint density at radius 1 is 1.25 bits per heavy atom. The van der Waals surface area contributed by atoms with E-state index in [1.807, 2.05) is 0 Å². The lowest BCUT2D eigenvalue weighted by molar-refractivity contribution is 0.102. The Morgan fingerprint density at radius 2 is 2.17 bits per heavy atom. The number of benzene rings is 1. The number of carbonyl (C=O) groups excluding carboxylic acids is 1. The Balaban J connectivity index is 1.77. The second kappa shape index (κ2) is 5.78. The molecule has 1 aromatic carbocycles. The van der Waals surface area contributed by atoms with Crippen molar-refractivity contribution in [3.05, 3.63) is 66.0 Å². The van der Waals surface area contributed by atoms with Crippen LogP contribution < -0.4 is 5.32 Å². The van der Waals surface area contributed by atoms with Crippen molar-refractivity contribution in [3.8, 4) is 5.95 Å². The SMILES string of the molecule is O=C(Nc1cccc(Cl)c1)c1nc(-n2ccnc2)nc2cc[nH]c12. The number of nitrogens with one attached hydrogen (secondary N) is 2. The summed E-state index contributed by atoms with van der Waals surface area (Å²) in [6.45, 7) is 0. The second-order valence-electron chi connectivity index (χ2n) is 5.04.